The Morgan fingerprint density at radius 2 is 1.11 bits per heavy atom. The van der Waals surface area contributed by atoms with Gasteiger partial charge < -0.3 is 52.0 Å². The number of aldehydes is 1. The zero-order chi connectivity index (χ0) is 47.2. The highest BCUT2D eigenvalue weighted by Gasteiger charge is 2.38. The molecule has 4 unspecified atom stereocenters. The van der Waals surface area contributed by atoms with Crippen molar-refractivity contribution in [1.82, 2.24) is 31.9 Å². The number of hydrogen-bond donors (Lipinski definition) is 9. The Kier molecular flexibility index (Phi) is 21.5. The highest BCUT2D eigenvalue weighted by atomic mass is 19.1. The molecule has 0 aliphatic heterocycles. The lowest BCUT2D eigenvalue weighted by Gasteiger charge is -2.32. The minimum atomic E-state index is -1.71. The molecule has 3 rings (SSSR count). The molecule has 0 bridgehead atoms. The summed E-state index contributed by atoms with van der Waals surface area (Å²) in [5, 5.41) is 43.1. The molecule has 1 saturated carbocycles. The molecular weight excluding hydrogens is 840 g/mol. The van der Waals surface area contributed by atoms with Crippen LogP contribution in [0.3, 0.4) is 0 Å². The van der Waals surface area contributed by atoms with Gasteiger partial charge in [0.15, 0.2) is 0 Å². The molecule has 1 fully saturated rings. The van der Waals surface area contributed by atoms with E-state index in [-0.39, 0.29) is 25.2 Å². The van der Waals surface area contributed by atoms with Crippen LogP contribution in [0.1, 0.15) is 101 Å². The van der Waals surface area contributed by atoms with E-state index in [4.69, 9.17) is 0 Å². The minimum Gasteiger partial charge on any atom is -0.481 e. The van der Waals surface area contributed by atoms with Gasteiger partial charge in [-0.3, -0.25) is 42.7 Å². The van der Waals surface area contributed by atoms with Gasteiger partial charge >= 0.3 is 17.9 Å². The van der Waals surface area contributed by atoms with Crippen LogP contribution < -0.4 is 31.9 Å². The van der Waals surface area contributed by atoms with Crippen molar-refractivity contribution in [2.45, 2.75) is 126 Å². The topological polar surface area (TPSA) is 304 Å². The van der Waals surface area contributed by atoms with Gasteiger partial charge in [-0.05, 0) is 36.3 Å². The van der Waals surface area contributed by atoms with Gasteiger partial charge in [0.25, 0.3) is 0 Å². The first-order valence-corrected chi connectivity index (χ1v) is 21.1. The number of carboxylic acids is 3. The van der Waals surface area contributed by atoms with Crippen LogP contribution in [0.5, 0.6) is 0 Å². The number of carbonyl (C=O) groups excluding carboxylic acids is 7. The van der Waals surface area contributed by atoms with Gasteiger partial charge in [-0.1, -0.05) is 92.8 Å². The first kappa shape index (κ1) is 51.6. The van der Waals surface area contributed by atoms with Gasteiger partial charge in [0, 0.05) is 32.1 Å². The van der Waals surface area contributed by atoms with Gasteiger partial charge in [-0.25, -0.2) is 4.79 Å². The Bertz CT molecular complexity index is 1880. The van der Waals surface area contributed by atoms with E-state index < -0.39 is 128 Å². The number of aliphatic carboxylic acids is 3. The second-order valence-corrected chi connectivity index (χ2v) is 15.6. The summed E-state index contributed by atoms with van der Waals surface area (Å²) < 4.78 is 13.2. The number of rotatable bonds is 27. The van der Waals surface area contributed by atoms with E-state index in [0.717, 1.165) is 39.0 Å². The highest BCUT2D eigenvalue weighted by Crippen LogP contribution is 2.30. The number of amides is 6. The summed E-state index contributed by atoms with van der Waals surface area (Å²) >= 11 is 0. The molecule has 0 radical (unpaired) electrons. The average Bonchev–Trinajstić information content (AvgIpc) is 3.26. The summed E-state index contributed by atoms with van der Waals surface area (Å²) in [7, 11) is 0. The summed E-state index contributed by atoms with van der Waals surface area (Å²) in [4.78, 5) is 129. The average molecular weight is 897 g/mol. The second-order valence-electron chi connectivity index (χ2n) is 15.6. The number of nitrogens with one attached hydrogen (secondary N) is 6. The molecule has 9 N–H and O–H groups in total. The van der Waals surface area contributed by atoms with Crippen LogP contribution in [-0.4, -0.2) is 118 Å². The van der Waals surface area contributed by atoms with Crippen molar-refractivity contribution in [2.75, 3.05) is 6.67 Å². The maximum atomic E-state index is 14.8. The van der Waals surface area contributed by atoms with Crippen LogP contribution in [0.2, 0.25) is 0 Å². The van der Waals surface area contributed by atoms with Crippen LogP contribution in [-0.2, 0) is 47.9 Å². The number of benzene rings is 2. The van der Waals surface area contributed by atoms with Crippen molar-refractivity contribution >= 4 is 59.6 Å². The number of carbonyl (C=O) groups is 10. The van der Waals surface area contributed by atoms with E-state index in [0.29, 0.717) is 17.4 Å². The summed E-state index contributed by atoms with van der Waals surface area (Å²) in [5.74, 6) is -11.2. The molecule has 6 amide bonds. The van der Waals surface area contributed by atoms with E-state index in [9.17, 15) is 67.7 Å². The Morgan fingerprint density at radius 1 is 0.609 bits per heavy atom. The quantitative estimate of drug-likeness (QED) is 0.0575. The lowest BCUT2D eigenvalue weighted by Crippen LogP contribution is -2.60. The fourth-order valence-electron chi connectivity index (χ4n) is 7.55. The van der Waals surface area contributed by atoms with E-state index in [2.05, 4.69) is 31.9 Å². The minimum absolute atomic E-state index is 0.0402. The molecule has 2 aromatic carbocycles. The summed E-state index contributed by atoms with van der Waals surface area (Å²) in [6.45, 7) is -0.0121. The van der Waals surface area contributed by atoms with E-state index in [1.807, 2.05) is 0 Å². The number of alkyl halides is 1. The summed E-state index contributed by atoms with van der Waals surface area (Å²) in [5.41, 5.74) is 0.957. The Hall–Kier alpha value is -6.73. The third kappa shape index (κ3) is 17.2. The first-order valence-electron chi connectivity index (χ1n) is 21.1. The fraction of sp³-hybridized carbons (Fsp3) is 0.500. The molecule has 19 nitrogen and oxygen atoms in total. The summed E-state index contributed by atoms with van der Waals surface area (Å²) in [6, 6.07) is 7.24. The van der Waals surface area contributed by atoms with Gasteiger partial charge in [0.2, 0.25) is 35.4 Å². The van der Waals surface area contributed by atoms with E-state index in [1.54, 1.807) is 60.7 Å². The predicted molar refractivity (Wildman–Crippen MR) is 226 cm³/mol. The first-order chi connectivity index (χ1) is 30.5. The Balaban J connectivity index is 2.08. The SMILES string of the molecule is CC(=O)N[C@@H](CC(=O)O)C(=O)NC(CCC(=O)O)C(=O)NC(C(=O)NC(CCC=O)C(=O)N[C@@H](CC1CCCCC1)C(=O)NC(CCF)C(=O)O)C(c1ccccc1)c1ccccc1. The monoisotopic (exact) mass is 896 g/mol. The van der Waals surface area contributed by atoms with Crippen LogP contribution in [0.25, 0.3) is 0 Å². The highest BCUT2D eigenvalue weighted by molar-refractivity contribution is 5.98. The number of carboxylic acid groups (broad SMARTS) is 3. The fourth-order valence-corrected chi connectivity index (χ4v) is 7.55. The van der Waals surface area contributed by atoms with Gasteiger partial charge in [0.1, 0.15) is 42.5 Å². The molecule has 0 spiro atoms. The Morgan fingerprint density at radius 3 is 1.62 bits per heavy atom. The third-order valence-corrected chi connectivity index (χ3v) is 10.7. The Labute approximate surface area is 369 Å². The molecule has 0 saturated heterocycles. The smallest absolute Gasteiger partial charge is 0.326 e. The van der Waals surface area contributed by atoms with Crippen LogP contribution >= 0.6 is 0 Å². The number of halogens is 1. The normalized spacial score (nSPS) is 15.4. The standard InChI is InChI=1S/C44H57FN6O13/c1-26(53)46-34(25-36(56)57)42(61)47-31(19-20-35(54)55)40(59)51-38(37(28-14-7-3-8-15-28)29-16-9-4-10-17-29)43(62)48-30(18-11-23-52)39(58)50-33(24-27-12-5-2-6-13-27)41(60)49-32(21-22-45)44(63)64/h3-4,7-10,14-17,23,27,30-34,37-38H,2,5-6,11-13,18-22,24-25H2,1H3,(H,46,53)(H,47,61)(H,48,62)(H,49,60)(H,50,58)(H,51,59)(H,54,55)(H,56,57)(H,63,64)/t30?,31?,32?,33-,34-,38?/m0/s1. The molecule has 6 atom stereocenters. The zero-order valence-electron chi connectivity index (χ0n) is 35.5. The van der Waals surface area contributed by atoms with Crippen molar-refractivity contribution in [2.24, 2.45) is 5.92 Å². The third-order valence-electron chi connectivity index (χ3n) is 10.7. The van der Waals surface area contributed by atoms with Gasteiger partial charge in [-0.2, -0.15) is 0 Å². The molecule has 64 heavy (non-hydrogen) atoms. The molecule has 348 valence electrons. The maximum absolute atomic E-state index is 14.8. The van der Waals surface area contributed by atoms with Crippen LogP contribution in [0.4, 0.5) is 4.39 Å². The predicted octanol–water partition coefficient (Wildman–Crippen LogP) is 1.48. The summed E-state index contributed by atoms with van der Waals surface area (Å²) in [6.07, 6.45) is 1.52. The molecule has 1 aliphatic rings. The second kappa shape index (κ2) is 26.7. The van der Waals surface area contributed by atoms with Crippen molar-refractivity contribution < 1.29 is 67.7 Å². The molecule has 2 aromatic rings. The van der Waals surface area contributed by atoms with E-state index in [1.165, 1.54) is 0 Å². The van der Waals surface area contributed by atoms with E-state index >= 15 is 0 Å². The maximum Gasteiger partial charge on any atom is 0.326 e. The van der Waals surface area contributed by atoms with Crippen LogP contribution in [0, 0.1) is 5.92 Å². The van der Waals surface area contributed by atoms with Crippen molar-refractivity contribution in [3.63, 3.8) is 0 Å². The lowest BCUT2D eigenvalue weighted by atomic mass is 9.84. The lowest BCUT2D eigenvalue weighted by molar-refractivity contribution is -0.143. The van der Waals surface area contributed by atoms with Crippen molar-refractivity contribution in [3.05, 3.63) is 71.8 Å². The van der Waals surface area contributed by atoms with Crippen LogP contribution in [0.15, 0.2) is 60.7 Å². The number of hydrogen-bond acceptors (Lipinski definition) is 10. The molecule has 1 aliphatic carbocycles. The molecule has 0 heterocycles. The molecule has 0 aromatic heterocycles. The zero-order valence-corrected chi connectivity index (χ0v) is 35.5. The molecule has 20 heteroatoms. The van der Waals surface area contributed by atoms with Crippen molar-refractivity contribution in [3.8, 4) is 0 Å². The van der Waals surface area contributed by atoms with Crippen molar-refractivity contribution in [1.29, 1.82) is 0 Å². The van der Waals surface area contributed by atoms with Gasteiger partial charge in [0.05, 0.1) is 13.1 Å². The molecular formula is C44H57FN6O13. The largest absolute Gasteiger partial charge is 0.481 e. The van der Waals surface area contributed by atoms with Gasteiger partial charge in [-0.15, -0.1) is 0 Å².